The number of hydrogen-bond acceptors (Lipinski definition) is 5. The van der Waals surface area contributed by atoms with Crippen LogP contribution in [0.15, 0.2) is 15.9 Å². The Kier molecular flexibility index (Phi) is 3.77. The fraction of sp³-hybridized carbons (Fsp3) is 0.286. The molecule has 15 heavy (non-hydrogen) atoms. The molecule has 8 nitrogen and oxygen atoms in total. The fourth-order valence-corrected chi connectivity index (χ4v) is 0.915. The SMILES string of the molecule is COCc1cc(=O)[nH]c(/N=C(\N)NN)n1. The molecule has 0 atom stereocenters. The molecule has 1 rings (SSSR count). The molecule has 0 bridgehead atoms. The van der Waals surface area contributed by atoms with Crippen molar-refractivity contribution < 1.29 is 4.74 Å². The second-order valence-electron chi connectivity index (χ2n) is 2.63. The van der Waals surface area contributed by atoms with Gasteiger partial charge in [0.05, 0.1) is 12.3 Å². The minimum absolute atomic E-state index is 0.0484. The van der Waals surface area contributed by atoms with Crippen LogP contribution in [0, 0.1) is 0 Å². The van der Waals surface area contributed by atoms with E-state index >= 15 is 0 Å². The number of hydrogen-bond donors (Lipinski definition) is 4. The van der Waals surface area contributed by atoms with Gasteiger partial charge in [0.15, 0.2) is 0 Å². The minimum Gasteiger partial charge on any atom is -0.378 e. The molecule has 0 saturated heterocycles. The van der Waals surface area contributed by atoms with E-state index in [9.17, 15) is 4.79 Å². The summed E-state index contributed by atoms with van der Waals surface area (Å²) < 4.78 is 4.83. The third-order valence-electron chi connectivity index (χ3n) is 1.45. The van der Waals surface area contributed by atoms with E-state index in [0.29, 0.717) is 5.69 Å². The maximum absolute atomic E-state index is 11.1. The van der Waals surface area contributed by atoms with Crippen LogP contribution in [0.1, 0.15) is 5.69 Å². The molecule has 6 N–H and O–H groups in total. The minimum atomic E-state index is -0.333. The number of H-pyrrole nitrogens is 1. The van der Waals surface area contributed by atoms with Crippen molar-refractivity contribution in [2.45, 2.75) is 6.61 Å². The molecule has 0 aliphatic carbocycles. The molecule has 82 valence electrons. The maximum Gasteiger partial charge on any atom is 0.252 e. The maximum atomic E-state index is 11.1. The fourth-order valence-electron chi connectivity index (χ4n) is 0.915. The summed E-state index contributed by atoms with van der Waals surface area (Å²) in [4.78, 5) is 21.2. The zero-order chi connectivity index (χ0) is 11.3. The van der Waals surface area contributed by atoms with E-state index < -0.39 is 0 Å². The smallest absolute Gasteiger partial charge is 0.252 e. The largest absolute Gasteiger partial charge is 0.378 e. The number of methoxy groups -OCH3 is 1. The van der Waals surface area contributed by atoms with Crippen LogP contribution in [0.2, 0.25) is 0 Å². The van der Waals surface area contributed by atoms with E-state index in [4.69, 9.17) is 16.3 Å². The van der Waals surface area contributed by atoms with E-state index in [1.807, 2.05) is 0 Å². The van der Waals surface area contributed by atoms with Gasteiger partial charge in [0.1, 0.15) is 0 Å². The molecule has 0 saturated carbocycles. The second kappa shape index (κ2) is 5.08. The molecule has 1 aromatic rings. The summed E-state index contributed by atoms with van der Waals surface area (Å²) in [5.41, 5.74) is 7.55. The van der Waals surface area contributed by atoms with Crippen molar-refractivity contribution in [3.63, 3.8) is 0 Å². The Morgan fingerprint density at radius 1 is 1.80 bits per heavy atom. The van der Waals surface area contributed by atoms with Gasteiger partial charge >= 0.3 is 0 Å². The normalized spacial score (nSPS) is 11.5. The van der Waals surface area contributed by atoms with Crippen molar-refractivity contribution in [3.05, 3.63) is 22.1 Å². The number of aromatic amines is 1. The molecule has 0 spiro atoms. The van der Waals surface area contributed by atoms with Gasteiger partial charge < -0.3 is 10.5 Å². The molecule has 0 fully saturated rings. The Hall–Kier alpha value is -1.93. The first-order valence-corrected chi connectivity index (χ1v) is 4.05. The lowest BCUT2D eigenvalue weighted by Gasteiger charge is -2.00. The van der Waals surface area contributed by atoms with Crippen molar-refractivity contribution in [1.29, 1.82) is 0 Å². The number of nitrogens with zero attached hydrogens (tertiary/aromatic N) is 2. The standard InChI is InChI=1S/C7H12N6O2/c1-15-3-4-2-5(14)11-7(10-4)12-6(8)13-9/h2H,3,9H2,1H3,(H4,8,10,11,12,13,14). The zero-order valence-electron chi connectivity index (χ0n) is 8.15. The van der Waals surface area contributed by atoms with Crippen LogP contribution in [-0.2, 0) is 11.3 Å². The van der Waals surface area contributed by atoms with Gasteiger partial charge in [-0.15, -0.1) is 0 Å². The van der Waals surface area contributed by atoms with E-state index in [-0.39, 0.29) is 24.1 Å². The summed E-state index contributed by atoms with van der Waals surface area (Å²) in [6.45, 7) is 0.225. The third-order valence-corrected chi connectivity index (χ3v) is 1.45. The van der Waals surface area contributed by atoms with E-state index in [0.717, 1.165) is 0 Å². The predicted octanol–water partition coefficient (Wildman–Crippen LogP) is -1.67. The highest BCUT2D eigenvalue weighted by Crippen LogP contribution is 2.01. The van der Waals surface area contributed by atoms with Crippen molar-refractivity contribution in [2.75, 3.05) is 7.11 Å². The second-order valence-corrected chi connectivity index (χ2v) is 2.63. The molecular weight excluding hydrogens is 200 g/mol. The van der Waals surface area contributed by atoms with E-state index in [1.54, 1.807) is 0 Å². The third kappa shape index (κ3) is 3.37. The van der Waals surface area contributed by atoms with Crippen LogP contribution in [0.5, 0.6) is 0 Å². The van der Waals surface area contributed by atoms with Gasteiger partial charge in [-0.05, 0) is 0 Å². The van der Waals surface area contributed by atoms with Crippen LogP contribution >= 0.6 is 0 Å². The van der Waals surface area contributed by atoms with Crippen LogP contribution in [0.25, 0.3) is 0 Å². The lowest BCUT2D eigenvalue weighted by atomic mass is 10.4. The van der Waals surface area contributed by atoms with Crippen LogP contribution < -0.4 is 22.6 Å². The summed E-state index contributed by atoms with van der Waals surface area (Å²) in [6, 6.07) is 1.31. The number of hydrazine groups is 1. The highest BCUT2D eigenvalue weighted by Gasteiger charge is 2.00. The molecular formula is C7H12N6O2. The lowest BCUT2D eigenvalue weighted by molar-refractivity contribution is 0.181. The number of aliphatic imine (C=N–C) groups is 1. The van der Waals surface area contributed by atoms with Crippen molar-refractivity contribution in [3.8, 4) is 0 Å². The van der Waals surface area contributed by atoms with Gasteiger partial charge in [-0.1, -0.05) is 0 Å². The number of rotatable bonds is 3. The van der Waals surface area contributed by atoms with Crippen molar-refractivity contribution in [1.82, 2.24) is 15.4 Å². The van der Waals surface area contributed by atoms with Gasteiger partial charge in [0, 0.05) is 13.2 Å². The summed E-state index contributed by atoms with van der Waals surface area (Å²) in [7, 11) is 1.50. The molecule has 1 aromatic heterocycles. The van der Waals surface area contributed by atoms with Gasteiger partial charge in [-0.2, -0.15) is 4.99 Å². The van der Waals surface area contributed by atoms with E-state index in [1.165, 1.54) is 13.2 Å². The van der Waals surface area contributed by atoms with Crippen molar-refractivity contribution in [2.24, 2.45) is 16.6 Å². The first kappa shape index (κ1) is 11.1. The number of nitrogens with one attached hydrogen (secondary N) is 2. The Labute approximate surface area is 85.3 Å². The highest BCUT2D eigenvalue weighted by atomic mass is 16.5. The first-order chi connectivity index (χ1) is 7.15. The molecule has 0 unspecified atom stereocenters. The summed E-state index contributed by atoms with van der Waals surface area (Å²) in [5, 5.41) is 0. The predicted molar refractivity (Wildman–Crippen MR) is 54.2 cm³/mol. The first-order valence-electron chi connectivity index (χ1n) is 4.05. The monoisotopic (exact) mass is 212 g/mol. The Balaban J connectivity index is 3.03. The molecule has 1 heterocycles. The molecule has 0 aliphatic rings. The summed E-state index contributed by atoms with van der Waals surface area (Å²) in [5.74, 6) is 5.03. The average molecular weight is 212 g/mol. The summed E-state index contributed by atoms with van der Waals surface area (Å²) >= 11 is 0. The van der Waals surface area contributed by atoms with Gasteiger partial charge in [0.2, 0.25) is 11.9 Å². The van der Waals surface area contributed by atoms with Gasteiger partial charge in [0.25, 0.3) is 5.56 Å². The van der Waals surface area contributed by atoms with Gasteiger partial charge in [-0.25, -0.2) is 10.8 Å². The number of aromatic nitrogens is 2. The molecule has 0 radical (unpaired) electrons. The average Bonchev–Trinajstić information content (AvgIpc) is 2.17. The topological polar surface area (TPSA) is 131 Å². The quantitative estimate of drug-likeness (QED) is 0.205. The molecule has 0 amide bonds. The van der Waals surface area contributed by atoms with Crippen molar-refractivity contribution >= 4 is 11.9 Å². The Bertz CT molecular complexity index is 412. The van der Waals surface area contributed by atoms with E-state index in [2.05, 4.69) is 20.4 Å². The molecule has 8 heteroatoms. The highest BCUT2D eigenvalue weighted by molar-refractivity contribution is 5.79. The lowest BCUT2D eigenvalue weighted by Crippen LogP contribution is -2.36. The number of ether oxygens (including phenoxy) is 1. The molecule has 0 aromatic carbocycles. The molecule has 0 aliphatic heterocycles. The van der Waals surface area contributed by atoms with Crippen LogP contribution in [-0.4, -0.2) is 23.0 Å². The van der Waals surface area contributed by atoms with Crippen LogP contribution in [0.4, 0.5) is 5.95 Å². The number of guanidine groups is 1. The van der Waals surface area contributed by atoms with Gasteiger partial charge in [-0.3, -0.25) is 15.2 Å². The zero-order valence-corrected chi connectivity index (χ0v) is 8.15. The Morgan fingerprint density at radius 2 is 2.53 bits per heavy atom. The van der Waals surface area contributed by atoms with Crippen LogP contribution in [0.3, 0.4) is 0 Å². The Morgan fingerprint density at radius 3 is 3.13 bits per heavy atom. The number of nitrogens with two attached hydrogens (primary N) is 2. The summed E-state index contributed by atoms with van der Waals surface area (Å²) in [6.07, 6.45) is 0.